The van der Waals surface area contributed by atoms with E-state index in [0.717, 1.165) is 0 Å². The van der Waals surface area contributed by atoms with Gasteiger partial charge in [-0.25, -0.2) is 9.18 Å². The molecule has 0 amide bonds. The number of aromatic nitrogens is 2. The molecule has 0 bridgehead atoms. The lowest BCUT2D eigenvalue weighted by atomic mass is 10.2. The van der Waals surface area contributed by atoms with Gasteiger partial charge < -0.3 is 15.4 Å². The molecule has 0 spiro atoms. The van der Waals surface area contributed by atoms with Gasteiger partial charge in [0.05, 0.1) is 30.6 Å². The molecule has 9 heteroatoms. The second kappa shape index (κ2) is 9.49. The Bertz CT molecular complexity index is 1000. The average Bonchev–Trinajstić information content (AvgIpc) is 3.12. The van der Waals surface area contributed by atoms with Crippen LogP contribution in [0.2, 0.25) is 5.02 Å². The molecule has 1 heterocycles. The lowest BCUT2D eigenvalue weighted by Gasteiger charge is -2.09. The Labute approximate surface area is 177 Å². The van der Waals surface area contributed by atoms with Crippen LogP contribution >= 0.6 is 23.8 Å². The predicted octanol–water partition coefficient (Wildman–Crippen LogP) is 4.71. The minimum absolute atomic E-state index is 0.197. The molecule has 0 aliphatic carbocycles. The van der Waals surface area contributed by atoms with Crippen LogP contribution in [0.3, 0.4) is 0 Å². The molecule has 2 aromatic carbocycles. The number of rotatable bonds is 6. The van der Waals surface area contributed by atoms with Gasteiger partial charge >= 0.3 is 5.97 Å². The maximum atomic E-state index is 13.9. The Kier molecular flexibility index (Phi) is 6.79. The third kappa shape index (κ3) is 5.52. The van der Waals surface area contributed by atoms with Crippen molar-refractivity contribution in [1.29, 1.82) is 0 Å². The Balaban J connectivity index is 1.58. The fourth-order valence-corrected chi connectivity index (χ4v) is 3.02. The van der Waals surface area contributed by atoms with Crippen LogP contribution in [0.4, 0.5) is 15.8 Å². The lowest BCUT2D eigenvalue weighted by molar-refractivity contribution is 0.0526. The molecule has 2 N–H and O–H groups in total. The summed E-state index contributed by atoms with van der Waals surface area (Å²) in [6, 6.07) is 11.3. The van der Waals surface area contributed by atoms with E-state index in [4.69, 9.17) is 28.6 Å². The van der Waals surface area contributed by atoms with Crippen molar-refractivity contribution in [3.8, 4) is 0 Å². The van der Waals surface area contributed by atoms with Crippen molar-refractivity contribution in [1.82, 2.24) is 9.78 Å². The molecule has 29 heavy (non-hydrogen) atoms. The molecule has 1 aromatic heterocycles. The Morgan fingerprint density at radius 2 is 1.93 bits per heavy atom. The molecule has 0 fully saturated rings. The van der Waals surface area contributed by atoms with E-state index in [1.165, 1.54) is 6.07 Å². The molecular formula is C20H18ClFN4O2S. The number of nitrogens with zero attached hydrogens (tertiary/aromatic N) is 2. The predicted molar refractivity (Wildman–Crippen MR) is 115 cm³/mol. The summed E-state index contributed by atoms with van der Waals surface area (Å²) in [6.07, 6.45) is 3.27. The first-order chi connectivity index (χ1) is 14.0. The fourth-order valence-electron chi connectivity index (χ4n) is 2.56. The molecule has 3 rings (SSSR count). The number of ether oxygens (including phenoxy) is 1. The standard InChI is InChI=1S/C20H18ClFN4O2S/c1-2-28-19(27)13-6-8-14(9-7-13)24-20(29)25-15-10-23-26(11-15)12-16-17(21)4-3-5-18(16)22/h3-11H,2,12H2,1H3,(H2,24,25,29). The first kappa shape index (κ1) is 20.8. The van der Waals surface area contributed by atoms with Gasteiger partial charge in [-0.2, -0.15) is 5.10 Å². The zero-order chi connectivity index (χ0) is 20.8. The molecule has 0 saturated heterocycles. The fraction of sp³-hybridized carbons (Fsp3) is 0.150. The van der Waals surface area contributed by atoms with Crippen molar-refractivity contribution in [2.24, 2.45) is 0 Å². The number of halogens is 2. The van der Waals surface area contributed by atoms with Gasteiger partial charge in [0.15, 0.2) is 5.11 Å². The van der Waals surface area contributed by atoms with Crippen molar-refractivity contribution < 1.29 is 13.9 Å². The van der Waals surface area contributed by atoms with Gasteiger partial charge in [0.25, 0.3) is 0 Å². The molecule has 0 unspecified atom stereocenters. The minimum Gasteiger partial charge on any atom is -0.462 e. The van der Waals surface area contributed by atoms with Gasteiger partial charge in [0.1, 0.15) is 5.82 Å². The molecule has 150 valence electrons. The highest BCUT2D eigenvalue weighted by Crippen LogP contribution is 2.20. The van der Waals surface area contributed by atoms with Gasteiger partial charge in [-0.3, -0.25) is 4.68 Å². The van der Waals surface area contributed by atoms with Gasteiger partial charge in [-0.1, -0.05) is 17.7 Å². The van der Waals surface area contributed by atoms with E-state index in [9.17, 15) is 9.18 Å². The van der Waals surface area contributed by atoms with Crippen molar-refractivity contribution in [3.63, 3.8) is 0 Å². The van der Waals surface area contributed by atoms with E-state index in [2.05, 4.69) is 15.7 Å². The maximum Gasteiger partial charge on any atom is 0.338 e. The number of carbonyl (C=O) groups excluding carboxylic acids is 1. The first-order valence-corrected chi connectivity index (χ1v) is 9.55. The number of hydrogen-bond acceptors (Lipinski definition) is 4. The summed E-state index contributed by atoms with van der Waals surface area (Å²) in [4.78, 5) is 11.7. The van der Waals surface area contributed by atoms with Gasteiger partial charge in [0, 0.05) is 22.5 Å². The highest BCUT2D eigenvalue weighted by molar-refractivity contribution is 7.80. The van der Waals surface area contributed by atoms with Gasteiger partial charge in [-0.15, -0.1) is 0 Å². The smallest absolute Gasteiger partial charge is 0.338 e. The first-order valence-electron chi connectivity index (χ1n) is 8.77. The molecule has 0 saturated carbocycles. The topological polar surface area (TPSA) is 68.2 Å². The third-order valence-electron chi connectivity index (χ3n) is 3.93. The van der Waals surface area contributed by atoms with Crippen molar-refractivity contribution in [2.75, 3.05) is 17.2 Å². The van der Waals surface area contributed by atoms with Crippen LogP contribution in [0.1, 0.15) is 22.8 Å². The zero-order valence-corrected chi connectivity index (χ0v) is 17.1. The van der Waals surface area contributed by atoms with Gasteiger partial charge in [-0.05, 0) is 55.5 Å². The lowest BCUT2D eigenvalue weighted by Crippen LogP contribution is -2.18. The largest absolute Gasteiger partial charge is 0.462 e. The number of esters is 1. The Hall–Kier alpha value is -2.97. The van der Waals surface area contributed by atoms with Crippen LogP contribution in [-0.4, -0.2) is 27.5 Å². The SMILES string of the molecule is CCOC(=O)c1ccc(NC(=S)Nc2cnn(Cc3c(F)cccc3Cl)c2)cc1. The van der Waals surface area contributed by atoms with Crippen LogP contribution in [0.5, 0.6) is 0 Å². The van der Waals surface area contributed by atoms with E-state index >= 15 is 0 Å². The number of thiocarbonyl (C=S) groups is 1. The summed E-state index contributed by atoms with van der Waals surface area (Å²) in [6.45, 7) is 2.28. The summed E-state index contributed by atoms with van der Waals surface area (Å²) in [5.41, 5.74) is 2.18. The van der Waals surface area contributed by atoms with Crippen LogP contribution in [0, 0.1) is 5.82 Å². The summed E-state index contributed by atoms with van der Waals surface area (Å²) in [5.74, 6) is -0.756. The van der Waals surface area contributed by atoms with Crippen molar-refractivity contribution >= 4 is 46.3 Å². The molecule has 0 aliphatic heterocycles. The Morgan fingerprint density at radius 3 is 2.62 bits per heavy atom. The van der Waals surface area contributed by atoms with Crippen LogP contribution in [0.25, 0.3) is 0 Å². The monoisotopic (exact) mass is 432 g/mol. The van der Waals surface area contributed by atoms with E-state index < -0.39 is 0 Å². The van der Waals surface area contributed by atoms with Crippen LogP contribution < -0.4 is 10.6 Å². The van der Waals surface area contributed by atoms with E-state index in [1.54, 1.807) is 60.4 Å². The van der Waals surface area contributed by atoms with E-state index in [-0.39, 0.29) is 18.3 Å². The van der Waals surface area contributed by atoms with Crippen LogP contribution in [0.15, 0.2) is 54.9 Å². The highest BCUT2D eigenvalue weighted by atomic mass is 35.5. The van der Waals surface area contributed by atoms with Gasteiger partial charge in [0.2, 0.25) is 0 Å². The van der Waals surface area contributed by atoms with Crippen molar-refractivity contribution in [2.45, 2.75) is 13.5 Å². The minimum atomic E-state index is -0.383. The average molecular weight is 433 g/mol. The van der Waals surface area contributed by atoms with Crippen LogP contribution in [-0.2, 0) is 11.3 Å². The summed E-state index contributed by atoms with van der Waals surface area (Å²) in [5, 5.41) is 10.9. The molecular weight excluding hydrogens is 415 g/mol. The summed E-state index contributed by atoms with van der Waals surface area (Å²) < 4.78 is 20.4. The van der Waals surface area contributed by atoms with Crippen molar-refractivity contribution in [3.05, 3.63) is 76.8 Å². The molecule has 6 nitrogen and oxygen atoms in total. The zero-order valence-electron chi connectivity index (χ0n) is 15.5. The second-order valence-electron chi connectivity index (χ2n) is 6.00. The Morgan fingerprint density at radius 1 is 1.21 bits per heavy atom. The number of nitrogens with one attached hydrogen (secondary N) is 2. The second-order valence-corrected chi connectivity index (χ2v) is 6.82. The highest BCUT2D eigenvalue weighted by Gasteiger charge is 2.10. The molecule has 0 atom stereocenters. The number of hydrogen-bond donors (Lipinski definition) is 2. The quantitative estimate of drug-likeness (QED) is 0.434. The molecule has 0 aliphatic rings. The number of benzene rings is 2. The summed E-state index contributed by atoms with van der Waals surface area (Å²) >= 11 is 11.3. The van der Waals surface area contributed by atoms with E-state index in [0.29, 0.717) is 39.2 Å². The van der Waals surface area contributed by atoms with E-state index in [1.807, 2.05) is 0 Å². The number of carbonyl (C=O) groups is 1. The molecule has 0 radical (unpaired) electrons. The molecule has 3 aromatic rings. The summed E-state index contributed by atoms with van der Waals surface area (Å²) in [7, 11) is 0. The third-order valence-corrected chi connectivity index (χ3v) is 4.49. The number of anilines is 2. The maximum absolute atomic E-state index is 13.9. The normalized spacial score (nSPS) is 10.4.